The Kier molecular flexibility index (Phi) is 12.2. The first-order valence-corrected chi connectivity index (χ1v) is 10.0. The van der Waals surface area contributed by atoms with E-state index in [9.17, 15) is 8.78 Å². The van der Waals surface area contributed by atoms with Crippen molar-refractivity contribution in [2.45, 2.75) is 52.8 Å². The average Bonchev–Trinajstić information content (AvgIpc) is 3.13. The quantitative estimate of drug-likeness (QED) is 0.276. The van der Waals surface area contributed by atoms with Crippen LogP contribution in [0.25, 0.3) is 0 Å². The number of nitrogens with one attached hydrogen (secondary N) is 2. The monoisotopic (exact) mass is 526 g/mol. The molecule has 1 aromatic carbocycles. The number of halogens is 3. The van der Waals surface area contributed by atoms with E-state index in [4.69, 9.17) is 9.47 Å². The van der Waals surface area contributed by atoms with E-state index in [-0.39, 0.29) is 36.3 Å². The lowest BCUT2D eigenvalue weighted by atomic mass is 10.2. The number of para-hydroxylation sites is 1. The minimum Gasteiger partial charge on any atom is -0.490 e. The van der Waals surface area contributed by atoms with Gasteiger partial charge in [-0.2, -0.15) is 8.78 Å². The van der Waals surface area contributed by atoms with Gasteiger partial charge >= 0.3 is 6.61 Å². The summed E-state index contributed by atoms with van der Waals surface area (Å²) in [6, 6.07) is 5.60. The second-order valence-electron chi connectivity index (χ2n) is 6.56. The Morgan fingerprint density at radius 3 is 2.72 bits per heavy atom. The van der Waals surface area contributed by atoms with Gasteiger partial charge in [-0.05, 0) is 45.8 Å². The maximum absolute atomic E-state index is 12.9. The minimum absolute atomic E-state index is 0. The van der Waals surface area contributed by atoms with Crippen molar-refractivity contribution in [3.8, 4) is 11.5 Å². The lowest BCUT2D eigenvalue weighted by Crippen LogP contribution is -2.44. The van der Waals surface area contributed by atoms with Crippen molar-refractivity contribution in [1.29, 1.82) is 0 Å². The fourth-order valence-corrected chi connectivity index (χ4v) is 3.44. The SMILES string of the molecule is CCNC(=NCc1cccc(OCC)c1OC(F)F)NCC1CCCN1CC.I. The molecule has 2 rings (SSSR count). The second-order valence-corrected chi connectivity index (χ2v) is 6.56. The number of likely N-dealkylation sites (tertiary alicyclic amines) is 1. The van der Waals surface area contributed by atoms with E-state index in [1.54, 1.807) is 25.1 Å². The molecular weight excluding hydrogens is 493 g/mol. The number of likely N-dealkylation sites (N-methyl/N-ethyl adjacent to an activating group) is 1. The topological polar surface area (TPSA) is 58.1 Å². The van der Waals surface area contributed by atoms with Crippen molar-refractivity contribution in [3.63, 3.8) is 0 Å². The van der Waals surface area contributed by atoms with Gasteiger partial charge in [0.2, 0.25) is 0 Å². The predicted octanol–water partition coefficient (Wildman–Crippen LogP) is 3.84. The van der Waals surface area contributed by atoms with Gasteiger partial charge in [-0.15, -0.1) is 24.0 Å². The fraction of sp³-hybridized carbons (Fsp3) is 0.650. The number of hydrogen-bond donors (Lipinski definition) is 2. The molecule has 1 aliphatic heterocycles. The highest BCUT2D eigenvalue weighted by molar-refractivity contribution is 14.0. The fourth-order valence-electron chi connectivity index (χ4n) is 3.44. The zero-order valence-corrected chi connectivity index (χ0v) is 19.7. The molecule has 1 heterocycles. The van der Waals surface area contributed by atoms with Crippen LogP contribution in [0.3, 0.4) is 0 Å². The van der Waals surface area contributed by atoms with Crippen LogP contribution in [0.2, 0.25) is 0 Å². The number of aliphatic imine (C=N–C) groups is 1. The molecule has 2 N–H and O–H groups in total. The average molecular weight is 526 g/mol. The smallest absolute Gasteiger partial charge is 0.387 e. The molecule has 1 aliphatic rings. The summed E-state index contributed by atoms with van der Waals surface area (Å²) in [7, 11) is 0. The van der Waals surface area contributed by atoms with Gasteiger partial charge in [0, 0.05) is 24.7 Å². The highest BCUT2D eigenvalue weighted by atomic mass is 127. The molecule has 1 atom stereocenters. The van der Waals surface area contributed by atoms with E-state index < -0.39 is 6.61 Å². The van der Waals surface area contributed by atoms with Gasteiger partial charge in [-0.1, -0.05) is 19.1 Å². The molecule has 0 aliphatic carbocycles. The third-order valence-electron chi connectivity index (χ3n) is 4.73. The van der Waals surface area contributed by atoms with Gasteiger partial charge in [0.25, 0.3) is 0 Å². The summed E-state index contributed by atoms with van der Waals surface area (Å²) in [4.78, 5) is 7.02. The Hall–Kier alpha value is -1.36. The third-order valence-corrected chi connectivity index (χ3v) is 4.73. The van der Waals surface area contributed by atoms with E-state index in [0.29, 0.717) is 36.5 Å². The molecule has 0 spiro atoms. The number of ether oxygens (including phenoxy) is 2. The van der Waals surface area contributed by atoms with Gasteiger partial charge in [0.15, 0.2) is 17.5 Å². The molecule has 1 saturated heterocycles. The van der Waals surface area contributed by atoms with Gasteiger partial charge in [-0.3, -0.25) is 4.90 Å². The molecule has 9 heteroatoms. The maximum atomic E-state index is 12.9. The zero-order valence-electron chi connectivity index (χ0n) is 17.4. The Morgan fingerprint density at radius 1 is 1.28 bits per heavy atom. The van der Waals surface area contributed by atoms with Crippen molar-refractivity contribution in [2.75, 3.05) is 32.8 Å². The Bertz CT molecular complexity index is 634. The van der Waals surface area contributed by atoms with Crippen LogP contribution in [-0.2, 0) is 6.54 Å². The van der Waals surface area contributed by atoms with Gasteiger partial charge < -0.3 is 20.1 Å². The number of guanidine groups is 1. The number of rotatable bonds is 10. The van der Waals surface area contributed by atoms with Gasteiger partial charge in [0.05, 0.1) is 13.2 Å². The van der Waals surface area contributed by atoms with Crippen molar-refractivity contribution in [2.24, 2.45) is 4.99 Å². The standard InChI is InChI=1S/C20H32F2N4O2.HI/c1-4-23-20(25-14-16-10-8-12-26(16)5-2)24-13-15-9-7-11-17(27-6-3)18(15)28-19(21)22;/h7,9,11,16,19H,4-6,8,10,12-14H2,1-3H3,(H2,23,24,25);1H. The van der Waals surface area contributed by atoms with Crippen molar-refractivity contribution in [3.05, 3.63) is 23.8 Å². The molecule has 29 heavy (non-hydrogen) atoms. The van der Waals surface area contributed by atoms with Crippen LogP contribution in [0.5, 0.6) is 11.5 Å². The molecule has 0 bridgehead atoms. The normalized spacial score (nSPS) is 17.2. The summed E-state index contributed by atoms with van der Waals surface area (Å²) in [6.07, 6.45) is 2.38. The predicted molar refractivity (Wildman–Crippen MR) is 123 cm³/mol. The van der Waals surface area contributed by atoms with E-state index >= 15 is 0 Å². The first-order chi connectivity index (χ1) is 13.6. The molecule has 0 radical (unpaired) electrons. The van der Waals surface area contributed by atoms with Crippen LogP contribution in [-0.4, -0.2) is 56.3 Å². The lowest BCUT2D eigenvalue weighted by Gasteiger charge is -2.24. The number of benzene rings is 1. The van der Waals surface area contributed by atoms with Gasteiger partial charge in [-0.25, -0.2) is 4.99 Å². The zero-order chi connectivity index (χ0) is 20.4. The van der Waals surface area contributed by atoms with Crippen LogP contribution < -0.4 is 20.1 Å². The van der Waals surface area contributed by atoms with Crippen LogP contribution in [0.15, 0.2) is 23.2 Å². The lowest BCUT2D eigenvalue weighted by molar-refractivity contribution is -0.0520. The Morgan fingerprint density at radius 2 is 2.07 bits per heavy atom. The molecule has 1 aromatic rings. The molecule has 166 valence electrons. The number of hydrogen-bond acceptors (Lipinski definition) is 4. The van der Waals surface area contributed by atoms with Crippen molar-refractivity contribution < 1.29 is 18.3 Å². The van der Waals surface area contributed by atoms with Crippen LogP contribution in [0.1, 0.15) is 39.2 Å². The molecule has 0 amide bonds. The molecule has 1 fully saturated rings. The number of alkyl halides is 2. The molecule has 6 nitrogen and oxygen atoms in total. The largest absolute Gasteiger partial charge is 0.490 e. The summed E-state index contributed by atoms with van der Waals surface area (Å²) >= 11 is 0. The van der Waals surface area contributed by atoms with Crippen LogP contribution in [0, 0.1) is 0 Å². The summed E-state index contributed by atoms with van der Waals surface area (Å²) in [5.74, 6) is 1.01. The summed E-state index contributed by atoms with van der Waals surface area (Å²) in [5, 5.41) is 6.58. The maximum Gasteiger partial charge on any atom is 0.387 e. The molecule has 0 saturated carbocycles. The highest BCUT2D eigenvalue weighted by Crippen LogP contribution is 2.33. The third kappa shape index (κ3) is 8.12. The molecule has 0 aromatic heterocycles. The van der Waals surface area contributed by atoms with E-state index in [1.807, 2.05) is 6.92 Å². The van der Waals surface area contributed by atoms with Crippen LogP contribution >= 0.6 is 24.0 Å². The molecule has 1 unspecified atom stereocenters. The van der Waals surface area contributed by atoms with Gasteiger partial charge in [0.1, 0.15) is 0 Å². The summed E-state index contributed by atoms with van der Waals surface area (Å²) in [6.45, 7) is 7.32. The first kappa shape index (κ1) is 25.7. The van der Waals surface area contributed by atoms with E-state index in [2.05, 4.69) is 27.4 Å². The van der Waals surface area contributed by atoms with E-state index in [1.165, 1.54) is 12.8 Å². The Labute approximate surface area is 189 Å². The number of nitrogens with zero attached hydrogens (tertiary/aromatic N) is 2. The van der Waals surface area contributed by atoms with Crippen molar-refractivity contribution >= 4 is 29.9 Å². The van der Waals surface area contributed by atoms with Crippen molar-refractivity contribution in [1.82, 2.24) is 15.5 Å². The van der Waals surface area contributed by atoms with E-state index in [0.717, 1.165) is 19.6 Å². The van der Waals surface area contributed by atoms with Crippen LogP contribution in [0.4, 0.5) is 8.78 Å². The Balaban J connectivity index is 0.00000420. The first-order valence-electron chi connectivity index (χ1n) is 10.0. The highest BCUT2D eigenvalue weighted by Gasteiger charge is 2.23. The minimum atomic E-state index is -2.92. The summed E-state index contributed by atoms with van der Waals surface area (Å²) in [5.41, 5.74) is 0.555. The molecular formula is C20H33F2IN4O2. The second kappa shape index (κ2) is 13.8. The summed E-state index contributed by atoms with van der Waals surface area (Å²) < 4.78 is 35.9.